The Hall–Kier alpha value is -0.160. The van der Waals surface area contributed by atoms with E-state index in [-0.39, 0.29) is 12.7 Å². The van der Waals surface area contributed by atoms with Crippen LogP contribution in [0.4, 0.5) is 0 Å². The molecule has 1 heterocycles. The van der Waals surface area contributed by atoms with Crippen LogP contribution >= 0.6 is 0 Å². The average Bonchev–Trinajstić information content (AvgIpc) is 2.35. The van der Waals surface area contributed by atoms with Crippen LogP contribution in [0.2, 0.25) is 0 Å². The van der Waals surface area contributed by atoms with Crippen LogP contribution in [-0.2, 0) is 0 Å². The lowest BCUT2D eigenvalue weighted by Crippen LogP contribution is -2.52. The predicted octanol–water partition coefficient (Wildman–Crippen LogP) is 0.828. The number of likely N-dealkylation sites (tertiary alicyclic amines) is 1. The Balaban J connectivity index is 2.50. The zero-order chi connectivity index (χ0) is 13.5. The smallest absolute Gasteiger partial charge is 0.0556 e. The van der Waals surface area contributed by atoms with Gasteiger partial charge in [-0.05, 0) is 39.0 Å². The third-order valence-corrected chi connectivity index (χ3v) is 3.92. The monoisotopic (exact) mass is 258 g/mol. The molecule has 0 aromatic heterocycles. The molecule has 108 valence electrons. The molecule has 1 rings (SSSR count). The van der Waals surface area contributed by atoms with Crippen LogP contribution in [0.5, 0.6) is 0 Å². The van der Waals surface area contributed by atoms with Crippen molar-refractivity contribution in [2.24, 2.45) is 5.92 Å². The van der Waals surface area contributed by atoms with Crippen molar-refractivity contribution in [2.45, 2.75) is 58.2 Å². The standard InChI is InChI=1S/C14H30N2O2/c1-4-14(18)8-12-7-13(15-5-6-17)10-16(9-12)11(2)3/h11-15,17-18H,4-10H2,1-3H3. The van der Waals surface area contributed by atoms with Crippen molar-refractivity contribution in [3.05, 3.63) is 0 Å². The number of piperidine rings is 1. The highest BCUT2D eigenvalue weighted by atomic mass is 16.3. The van der Waals surface area contributed by atoms with Crippen molar-refractivity contribution in [3.8, 4) is 0 Å². The molecule has 1 fully saturated rings. The summed E-state index contributed by atoms with van der Waals surface area (Å²) >= 11 is 0. The molecule has 0 aliphatic carbocycles. The van der Waals surface area contributed by atoms with Crippen LogP contribution in [-0.4, -0.2) is 59.5 Å². The van der Waals surface area contributed by atoms with E-state index in [2.05, 4.69) is 24.1 Å². The first kappa shape index (κ1) is 15.9. The van der Waals surface area contributed by atoms with Crippen molar-refractivity contribution < 1.29 is 10.2 Å². The molecule has 0 aromatic rings. The molecule has 0 bridgehead atoms. The fourth-order valence-electron chi connectivity index (χ4n) is 2.80. The van der Waals surface area contributed by atoms with Gasteiger partial charge in [-0.3, -0.25) is 4.90 Å². The number of hydrogen-bond acceptors (Lipinski definition) is 4. The third kappa shape index (κ3) is 5.22. The summed E-state index contributed by atoms with van der Waals surface area (Å²) in [5, 5.41) is 22.1. The van der Waals surface area contributed by atoms with Crippen molar-refractivity contribution in [1.29, 1.82) is 0 Å². The SMILES string of the molecule is CCC(O)CC1CC(NCCO)CN(C(C)C)C1. The van der Waals surface area contributed by atoms with Crippen LogP contribution in [0, 0.1) is 5.92 Å². The Labute approximate surface area is 111 Å². The Kier molecular flexibility index (Phi) is 7.15. The minimum Gasteiger partial charge on any atom is -0.395 e. The third-order valence-electron chi connectivity index (χ3n) is 3.92. The summed E-state index contributed by atoms with van der Waals surface area (Å²) < 4.78 is 0. The van der Waals surface area contributed by atoms with E-state index in [0.717, 1.165) is 32.4 Å². The lowest BCUT2D eigenvalue weighted by atomic mass is 9.88. The van der Waals surface area contributed by atoms with Gasteiger partial charge in [0.05, 0.1) is 12.7 Å². The van der Waals surface area contributed by atoms with Crippen molar-refractivity contribution in [1.82, 2.24) is 10.2 Å². The molecular formula is C14H30N2O2. The van der Waals surface area contributed by atoms with Crippen LogP contribution < -0.4 is 5.32 Å². The molecule has 1 aliphatic rings. The second kappa shape index (κ2) is 8.10. The maximum Gasteiger partial charge on any atom is 0.0556 e. The van der Waals surface area contributed by atoms with Gasteiger partial charge in [-0.2, -0.15) is 0 Å². The number of nitrogens with zero attached hydrogens (tertiary/aromatic N) is 1. The molecule has 18 heavy (non-hydrogen) atoms. The zero-order valence-electron chi connectivity index (χ0n) is 12.1. The highest BCUT2D eigenvalue weighted by Crippen LogP contribution is 2.23. The first-order valence-electron chi connectivity index (χ1n) is 7.33. The summed E-state index contributed by atoms with van der Waals surface area (Å²) in [5.41, 5.74) is 0. The Morgan fingerprint density at radius 3 is 2.61 bits per heavy atom. The molecule has 4 nitrogen and oxygen atoms in total. The summed E-state index contributed by atoms with van der Waals surface area (Å²) in [6.07, 6.45) is 2.69. The van der Waals surface area contributed by atoms with Crippen LogP contribution in [0.15, 0.2) is 0 Å². The molecular weight excluding hydrogens is 228 g/mol. The minimum atomic E-state index is -0.166. The van der Waals surface area contributed by atoms with Gasteiger partial charge in [0, 0.05) is 31.7 Å². The van der Waals surface area contributed by atoms with Crippen molar-refractivity contribution >= 4 is 0 Å². The van der Waals surface area contributed by atoms with E-state index in [0.29, 0.717) is 24.5 Å². The first-order valence-corrected chi connectivity index (χ1v) is 7.33. The number of hydrogen-bond donors (Lipinski definition) is 3. The highest BCUT2D eigenvalue weighted by molar-refractivity contribution is 4.85. The molecule has 1 aliphatic heterocycles. The van der Waals surface area contributed by atoms with Gasteiger partial charge in [-0.1, -0.05) is 6.92 Å². The zero-order valence-corrected chi connectivity index (χ0v) is 12.1. The topological polar surface area (TPSA) is 55.7 Å². The molecule has 0 spiro atoms. The summed E-state index contributed by atoms with van der Waals surface area (Å²) in [6.45, 7) is 9.49. The molecule has 3 N–H and O–H groups in total. The van der Waals surface area contributed by atoms with Crippen molar-refractivity contribution in [2.75, 3.05) is 26.2 Å². The van der Waals surface area contributed by atoms with Gasteiger partial charge in [-0.15, -0.1) is 0 Å². The second-order valence-corrected chi connectivity index (χ2v) is 5.82. The van der Waals surface area contributed by atoms with Crippen LogP contribution in [0.25, 0.3) is 0 Å². The number of aliphatic hydroxyl groups excluding tert-OH is 2. The fourth-order valence-corrected chi connectivity index (χ4v) is 2.80. The molecule has 3 atom stereocenters. The van der Waals surface area contributed by atoms with E-state index < -0.39 is 0 Å². The fraction of sp³-hybridized carbons (Fsp3) is 1.00. The molecule has 3 unspecified atom stereocenters. The molecule has 0 saturated carbocycles. The first-order chi connectivity index (χ1) is 8.56. The highest BCUT2D eigenvalue weighted by Gasteiger charge is 2.29. The normalized spacial score (nSPS) is 27.7. The van der Waals surface area contributed by atoms with Gasteiger partial charge >= 0.3 is 0 Å². The van der Waals surface area contributed by atoms with E-state index in [9.17, 15) is 5.11 Å². The molecule has 0 amide bonds. The maximum absolute atomic E-state index is 9.82. The van der Waals surface area contributed by atoms with E-state index in [1.54, 1.807) is 0 Å². The predicted molar refractivity (Wildman–Crippen MR) is 74.6 cm³/mol. The minimum absolute atomic E-state index is 0.166. The second-order valence-electron chi connectivity index (χ2n) is 5.82. The molecule has 0 aromatic carbocycles. The Bertz CT molecular complexity index is 224. The van der Waals surface area contributed by atoms with Crippen molar-refractivity contribution in [3.63, 3.8) is 0 Å². The summed E-state index contributed by atoms with van der Waals surface area (Å²) in [6, 6.07) is 0.993. The van der Waals surface area contributed by atoms with Gasteiger partial charge in [0.2, 0.25) is 0 Å². The summed E-state index contributed by atoms with van der Waals surface area (Å²) in [7, 11) is 0. The van der Waals surface area contributed by atoms with Gasteiger partial charge in [0.1, 0.15) is 0 Å². The van der Waals surface area contributed by atoms with Gasteiger partial charge in [0.25, 0.3) is 0 Å². The van der Waals surface area contributed by atoms with Crippen LogP contribution in [0.1, 0.15) is 40.0 Å². The summed E-state index contributed by atoms with van der Waals surface area (Å²) in [5.74, 6) is 0.562. The Morgan fingerprint density at radius 2 is 2.06 bits per heavy atom. The van der Waals surface area contributed by atoms with Crippen LogP contribution in [0.3, 0.4) is 0 Å². The lowest BCUT2D eigenvalue weighted by molar-refractivity contribution is 0.0683. The lowest BCUT2D eigenvalue weighted by Gasteiger charge is -2.41. The quantitative estimate of drug-likeness (QED) is 0.633. The summed E-state index contributed by atoms with van der Waals surface area (Å²) in [4.78, 5) is 2.48. The maximum atomic E-state index is 9.82. The van der Waals surface area contributed by atoms with Gasteiger partial charge in [0.15, 0.2) is 0 Å². The molecule has 4 heteroatoms. The van der Waals surface area contributed by atoms with E-state index in [4.69, 9.17) is 5.11 Å². The molecule has 1 saturated heterocycles. The number of aliphatic hydroxyl groups is 2. The Morgan fingerprint density at radius 1 is 1.33 bits per heavy atom. The van der Waals surface area contributed by atoms with E-state index in [1.807, 2.05) is 6.92 Å². The van der Waals surface area contributed by atoms with Gasteiger partial charge < -0.3 is 15.5 Å². The van der Waals surface area contributed by atoms with Gasteiger partial charge in [-0.25, -0.2) is 0 Å². The largest absolute Gasteiger partial charge is 0.395 e. The van der Waals surface area contributed by atoms with E-state index >= 15 is 0 Å². The number of nitrogens with one attached hydrogen (secondary N) is 1. The van der Waals surface area contributed by atoms with E-state index in [1.165, 1.54) is 0 Å². The number of rotatable bonds is 7. The molecule has 0 radical (unpaired) electrons. The average molecular weight is 258 g/mol.